The fraction of sp³-hybridized carbons (Fsp3) is 0.929. The number of hydrogen-bond donors (Lipinski definition) is 1. The van der Waals surface area contributed by atoms with Gasteiger partial charge in [0.2, 0.25) is 5.16 Å². The number of aromatic nitrogens is 4. The molecule has 20 heavy (non-hydrogen) atoms. The number of nitrogens with zero attached hydrogens (tertiary/aromatic N) is 4. The zero-order valence-corrected chi connectivity index (χ0v) is 13.9. The molecule has 1 aliphatic rings. The third-order valence-electron chi connectivity index (χ3n) is 3.61. The summed E-state index contributed by atoms with van der Waals surface area (Å²) < 4.78 is 2.04. The van der Waals surface area contributed by atoms with E-state index in [1.165, 1.54) is 25.7 Å². The van der Waals surface area contributed by atoms with Gasteiger partial charge in [-0.05, 0) is 56.5 Å². The lowest BCUT2D eigenvalue weighted by molar-refractivity contribution is 0.395. The third-order valence-corrected chi connectivity index (χ3v) is 4.87. The molecule has 0 aliphatic heterocycles. The van der Waals surface area contributed by atoms with Crippen molar-refractivity contribution < 1.29 is 0 Å². The quantitative estimate of drug-likeness (QED) is 0.818. The first-order valence-corrected chi connectivity index (χ1v) is 8.60. The maximum atomic E-state index is 4.19. The van der Waals surface area contributed by atoms with Gasteiger partial charge in [-0.2, -0.15) is 0 Å². The van der Waals surface area contributed by atoms with Crippen molar-refractivity contribution in [1.82, 2.24) is 25.5 Å². The predicted octanol–water partition coefficient (Wildman–Crippen LogP) is 2.90. The first-order valence-electron chi connectivity index (χ1n) is 7.61. The van der Waals surface area contributed by atoms with E-state index >= 15 is 0 Å². The summed E-state index contributed by atoms with van der Waals surface area (Å²) in [5, 5.41) is 16.8. The van der Waals surface area contributed by atoms with Crippen LogP contribution in [0.2, 0.25) is 0 Å². The fourth-order valence-electron chi connectivity index (χ4n) is 2.41. The minimum atomic E-state index is 0.185. The molecule has 0 radical (unpaired) electrons. The standard InChI is InChI=1S/C14H27N5S/c1-11(9-15-14(2,3)4)10-20-13-16-17-18-19(13)12-7-5-6-8-12/h11-12,15H,5-10H2,1-4H3. The van der Waals surface area contributed by atoms with Gasteiger partial charge >= 0.3 is 0 Å². The number of tetrazole rings is 1. The van der Waals surface area contributed by atoms with Gasteiger partial charge in [-0.1, -0.05) is 31.5 Å². The van der Waals surface area contributed by atoms with E-state index in [1.54, 1.807) is 11.8 Å². The Balaban J connectivity index is 1.80. The molecule has 1 unspecified atom stereocenters. The summed E-state index contributed by atoms with van der Waals surface area (Å²) in [4.78, 5) is 0. The molecule has 0 saturated heterocycles. The summed E-state index contributed by atoms with van der Waals surface area (Å²) in [6, 6.07) is 0.524. The monoisotopic (exact) mass is 297 g/mol. The molecule has 5 nitrogen and oxygen atoms in total. The molecule has 1 N–H and O–H groups in total. The Morgan fingerprint density at radius 3 is 2.70 bits per heavy atom. The van der Waals surface area contributed by atoms with Crippen LogP contribution in [0, 0.1) is 5.92 Å². The van der Waals surface area contributed by atoms with E-state index in [0.717, 1.165) is 17.5 Å². The summed E-state index contributed by atoms with van der Waals surface area (Å²) >= 11 is 1.79. The molecule has 0 spiro atoms. The lowest BCUT2D eigenvalue weighted by Gasteiger charge is -2.23. The van der Waals surface area contributed by atoms with E-state index in [9.17, 15) is 0 Å². The summed E-state index contributed by atoms with van der Waals surface area (Å²) in [6.07, 6.45) is 5.06. The van der Waals surface area contributed by atoms with E-state index in [4.69, 9.17) is 0 Å². The van der Waals surface area contributed by atoms with Crippen molar-refractivity contribution in [2.45, 2.75) is 70.1 Å². The van der Waals surface area contributed by atoms with Gasteiger partial charge in [-0.15, -0.1) is 5.10 Å². The van der Waals surface area contributed by atoms with Crippen molar-refractivity contribution in [3.8, 4) is 0 Å². The molecule has 1 heterocycles. The number of hydrogen-bond acceptors (Lipinski definition) is 5. The molecular formula is C14H27N5S. The first kappa shape index (κ1) is 15.8. The van der Waals surface area contributed by atoms with Crippen LogP contribution in [0.15, 0.2) is 5.16 Å². The second-order valence-corrected chi connectivity index (χ2v) is 7.88. The van der Waals surface area contributed by atoms with Crippen LogP contribution in [0.4, 0.5) is 0 Å². The Bertz CT molecular complexity index is 406. The molecule has 1 atom stereocenters. The van der Waals surface area contributed by atoms with Crippen LogP contribution < -0.4 is 5.32 Å². The highest BCUT2D eigenvalue weighted by molar-refractivity contribution is 7.99. The SMILES string of the molecule is CC(CNC(C)(C)C)CSc1nnnn1C1CCCC1. The minimum Gasteiger partial charge on any atom is -0.312 e. The largest absolute Gasteiger partial charge is 0.312 e. The zero-order valence-electron chi connectivity index (χ0n) is 13.1. The Morgan fingerprint density at radius 2 is 2.05 bits per heavy atom. The molecule has 114 valence electrons. The molecule has 0 aromatic carbocycles. The van der Waals surface area contributed by atoms with Crippen LogP contribution in [0.1, 0.15) is 59.4 Å². The maximum absolute atomic E-state index is 4.19. The van der Waals surface area contributed by atoms with Crippen molar-refractivity contribution in [2.24, 2.45) is 5.92 Å². The first-order chi connectivity index (χ1) is 9.46. The molecular weight excluding hydrogens is 270 g/mol. The maximum Gasteiger partial charge on any atom is 0.209 e. The van der Waals surface area contributed by atoms with E-state index in [0.29, 0.717) is 12.0 Å². The number of nitrogens with one attached hydrogen (secondary N) is 1. The van der Waals surface area contributed by atoms with Crippen molar-refractivity contribution in [3.05, 3.63) is 0 Å². The highest BCUT2D eigenvalue weighted by atomic mass is 32.2. The number of thioether (sulfide) groups is 1. The number of rotatable bonds is 6. The van der Waals surface area contributed by atoms with Crippen LogP contribution in [-0.2, 0) is 0 Å². The van der Waals surface area contributed by atoms with Crippen LogP contribution in [-0.4, -0.2) is 38.0 Å². The van der Waals surface area contributed by atoms with Crippen LogP contribution >= 0.6 is 11.8 Å². The Kier molecular flexibility index (Phi) is 5.43. The normalized spacial score (nSPS) is 18.6. The van der Waals surface area contributed by atoms with Crippen molar-refractivity contribution in [2.75, 3.05) is 12.3 Å². The highest BCUT2D eigenvalue weighted by Crippen LogP contribution is 2.31. The molecule has 1 saturated carbocycles. The van der Waals surface area contributed by atoms with E-state index in [1.807, 2.05) is 4.68 Å². The van der Waals surface area contributed by atoms with Gasteiger partial charge in [-0.25, -0.2) is 4.68 Å². The fourth-order valence-corrected chi connectivity index (χ4v) is 3.38. The summed E-state index contributed by atoms with van der Waals surface area (Å²) in [5.41, 5.74) is 0.185. The lowest BCUT2D eigenvalue weighted by atomic mass is 10.1. The van der Waals surface area contributed by atoms with Gasteiger partial charge in [0.05, 0.1) is 6.04 Å². The molecule has 6 heteroatoms. The van der Waals surface area contributed by atoms with Crippen molar-refractivity contribution >= 4 is 11.8 Å². The molecule has 1 aromatic heterocycles. The van der Waals surface area contributed by atoms with Gasteiger partial charge in [-0.3, -0.25) is 0 Å². The molecule has 0 amide bonds. The highest BCUT2D eigenvalue weighted by Gasteiger charge is 2.22. The molecule has 1 fully saturated rings. The van der Waals surface area contributed by atoms with Crippen LogP contribution in [0.25, 0.3) is 0 Å². The smallest absolute Gasteiger partial charge is 0.209 e. The van der Waals surface area contributed by atoms with Gasteiger partial charge < -0.3 is 5.32 Å². The zero-order chi connectivity index (χ0) is 14.6. The van der Waals surface area contributed by atoms with E-state index in [2.05, 4.69) is 48.5 Å². The second kappa shape index (κ2) is 6.89. The lowest BCUT2D eigenvalue weighted by Crippen LogP contribution is -2.39. The summed E-state index contributed by atoms with van der Waals surface area (Å²) in [6.45, 7) is 9.91. The van der Waals surface area contributed by atoms with Crippen LogP contribution in [0.5, 0.6) is 0 Å². The summed E-state index contributed by atoms with van der Waals surface area (Å²) in [5.74, 6) is 1.66. The van der Waals surface area contributed by atoms with Gasteiger partial charge in [0.25, 0.3) is 0 Å². The van der Waals surface area contributed by atoms with Crippen LogP contribution in [0.3, 0.4) is 0 Å². The topological polar surface area (TPSA) is 55.6 Å². The Labute approximate surface area is 126 Å². The average Bonchev–Trinajstić information content (AvgIpc) is 3.02. The van der Waals surface area contributed by atoms with E-state index in [-0.39, 0.29) is 5.54 Å². The molecule has 2 rings (SSSR count). The van der Waals surface area contributed by atoms with Gasteiger partial charge in [0.15, 0.2) is 0 Å². The average molecular weight is 297 g/mol. The molecule has 1 aliphatic carbocycles. The molecule has 0 bridgehead atoms. The van der Waals surface area contributed by atoms with Gasteiger partial charge in [0.1, 0.15) is 0 Å². The predicted molar refractivity (Wildman–Crippen MR) is 83.0 cm³/mol. The van der Waals surface area contributed by atoms with Gasteiger partial charge in [0, 0.05) is 11.3 Å². The van der Waals surface area contributed by atoms with Crippen molar-refractivity contribution in [3.63, 3.8) is 0 Å². The molecule has 1 aromatic rings. The third kappa shape index (κ3) is 4.74. The Morgan fingerprint density at radius 1 is 1.35 bits per heavy atom. The van der Waals surface area contributed by atoms with Crippen molar-refractivity contribution in [1.29, 1.82) is 0 Å². The van der Waals surface area contributed by atoms with E-state index < -0.39 is 0 Å². The Hall–Kier alpha value is -0.620. The summed E-state index contributed by atoms with van der Waals surface area (Å²) in [7, 11) is 0. The minimum absolute atomic E-state index is 0.185. The second-order valence-electron chi connectivity index (χ2n) is 6.89.